The van der Waals surface area contributed by atoms with Gasteiger partial charge in [0.25, 0.3) is 0 Å². The number of ether oxygens (including phenoxy) is 2. The van der Waals surface area contributed by atoms with Crippen LogP contribution in [0.15, 0.2) is 12.2 Å². The highest BCUT2D eigenvalue weighted by Gasteiger charge is 2.02. The molecule has 0 radical (unpaired) electrons. The first kappa shape index (κ1) is 16.1. The lowest BCUT2D eigenvalue weighted by Gasteiger charge is -2.03. The lowest BCUT2D eigenvalue weighted by molar-refractivity contribution is -0.148. The Kier molecular flexibility index (Phi) is 11.5. The van der Waals surface area contributed by atoms with Crippen molar-refractivity contribution < 1.29 is 19.1 Å². The van der Waals surface area contributed by atoms with Crippen LogP contribution in [-0.4, -0.2) is 39.2 Å². The summed E-state index contributed by atoms with van der Waals surface area (Å²) in [6.45, 7) is 6.39. The van der Waals surface area contributed by atoms with Gasteiger partial charge in [0.2, 0.25) is 0 Å². The minimum atomic E-state index is -0.470. The van der Waals surface area contributed by atoms with Gasteiger partial charge in [0.05, 0.1) is 0 Å². The van der Waals surface area contributed by atoms with E-state index in [-0.39, 0.29) is 19.2 Å². The topological polar surface area (TPSA) is 64.6 Å². The number of carbonyl (C=O) groups excluding carboxylic acids is 2. The molecular weight excluding hydrogens is 198 g/mol. The largest absolute Gasteiger partial charge is 0.462 e. The van der Waals surface area contributed by atoms with Crippen LogP contribution in [-0.2, 0) is 19.1 Å². The first-order chi connectivity index (χ1) is 6.95. The van der Waals surface area contributed by atoms with Crippen LogP contribution in [0.5, 0.6) is 0 Å². The molecule has 88 valence electrons. The zero-order chi connectivity index (χ0) is 12.3. The third-order valence-corrected chi connectivity index (χ3v) is 0.970. The van der Waals surface area contributed by atoms with Crippen LogP contribution in [0.3, 0.4) is 0 Å². The van der Waals surface area contributed by atoms with Gasteiger partial charge in [0.15, 0.2) is 0 Å². The molecule has 0 aliphatic rings. The number of esters is 2. The summed E-state index contributed by atoms with van der Waals surface area (Å²) < 4.78 is 9.16. The quantitative estimate of drug-likeness (QED) is 0.422. The van der Waals surface area contributed by atoms with Gasteiger partial charge in [-0.1, -0.05) is 6.58 Å². The summed E-state index contributed by atoms with van der Waals surface area (Å²) in [5, 5.41) is 2.75. The second-order valence-electron chi connectivity index (χ2n) is 2.76. The van der Waals surface area contributed by atoms with E-state index >= 15 is 0 Å². The average Bonchev–Trinajstić information content (AvgIpc) is 2.12. The van der Waals surface area contributed by atoms with Gasteiger partial charge in [-0.15, -0.1) is 0 Å². The van der Waals surface area contributed by atoms with E-state index in [1.807, 2.05) is 14.1 Å². The predicted octanol–water partition coefficient (Wildman–Crippen LogP) is 0.504. The van der Waals surface area contributed by atoms with Gasteiger partial charge >= 0.3 is 11.9 Å². The maximum atomic E-state index is 10.7. The molecule has 0 aromatic rings. The third-order valence-electron chi connectivity index (χ3n) is 0.970. The number of nitrogens with one attached hydrogen (secondary N) is 1. The van der Waals surface area contributed by atoms with Crippen LogP contribution in [0.4, 0.5) is 0 Å². The fourth-order valence-electron chi connectivity index (χ4n) is 0.443. The van der Waals surface area contributed by atoms with Gasteiger partial charge in [0.1, 0.15) is 13.2 Å². The summed E-state index contributed by atoms with van der Waals surface area (Å²) in [4.78, 5) is 21.0. The number of carbonyl (C=O) groups is 2. The van der Waals surface area contributed by atoms with Crippen molar-refractivity contribution in [3.63, 3.8) is 0 Å². The van der Waals surface area contributed by atoms with Crippen LogP contribution in [0.1, 0.15) is 13.8 Å². The molecule has 0 aliphatic heterocycles. The molecule has 0 saturated carbocycles. The predicted molar refractivity (Wildman–Crippen MR) is 57.4 cm³/mol. The molecule has 5 nitrogen and oxygen atoms in total. The smallest absolute Gasteiger partial charge is 0.333 e. The van der Waals surface area contributed by atoms with E-state index in [1.54, 1.807) is 6.92 Å². The molecule has 0 rings (SSSR count). The van der Waals surface area contributed by atoms with E-state index in [4.69, 9.17) is 0 Å². The van der Waals surface area contributed by atoms with E-state index in [0.29, 0.717) is 5.57 Å². The van der Waals surface area contributed by atoms with Crippen LogP contribution >= 0.6 is 0 Å². The Morgan fingerprint density at radius 2 is 1.53 bits per heavy atom. The van der Waals surface area contributed by atoms with E-state index < -0.39 is 5.97 Å². The summed E-state index contributed by atoms with van der Waals surface area (Å²) in [6.07, 6.45) is 0. The number of hydrogen-bond acceptors (Lipinski definition) is 5. The van der Waals surface area contributed by atoms with Crippen molar-refractivity contribution in [3.8, 4) is 0 Å². The molecule has 0 aromatic heterocycles. The van der Waals surface area contributed by atoms with Crippen molar-refractivity contribution in [1.82, 2.24) is 5.32 Å². The highest BCUT2D eigenvalue weighted by atomic mass is 16.6. The molecule has 1 N–H and O–H groups in total. The Morgan fingerprint density at radius 1 is 1.13 bits per heavy atom. The maximum absolute atomic E-state index is 10.7. The fraction of sp³-hybridized carbons (Fsp3) is 0.600. The van der Waals surface area contributed by atoms with Gasteiger partial charge in [-0.2, -0.15) is 0 Å². The second-order valence-corrected chi connectivity index (χ2v) is 2.76. The number of hydrogen-bond donors (Lipinski definition) is 1. The monoisotopic (exact) mass is 217 g/mol. The molecular formula is C10H19NO4. The lowest BCUT2D eigenvalue weighted by Crippen LogP contribution is -2.12. The van der Waals surface area contributed by atoms with Crippen molar-refractivity contribution in [2.45, 2.75) is 13.8 Å². The second kappa shape index (κ2) is 10.7. The molecule has 0 spiro atoms. The molecule has 15 heavy (non-hydrogen) atoms. The zero-order valence-electron chi connectivity index (χ0n) is 9.75. The van der Waals surface area contributed by atoms with Crippen molar-refractivity contribution >= 4 is 11.9 Å². The van der Waals surface area contributed by atoms with Gasteiger partial charge in [0, 0.05) is 12.5 Å². The fourth-order valence-corrected chi connectivity index (χ4v) is 0.443. The van der Waals surface area contributed by atoms with Crippen molar-refractivity contribution in [2.24, 2.45) is 0 Å². The van der Waals surface area contributed by atoms with Crippen LogP contribution in [0.25, 0.3) is 0 Å². The molecule has 0 fully saturated rings. The first-order valence-corrected chi connectivity index (χ1v) is 4.50. The standard InChI is InChI=1S/C8H12O4.C2H7N/c1-6(2)8(10)12-5-4-11-7(3)9;1-3-2/h1,4-5H2,2-3H3;3H,1-2H3. The summed E-state index contributed by atoms with van der Waals surface area (Å²) in [5.74, 6) is -0.858. The summed E-state index contributed by atoms with van der Waals surface area (Å²) >= 11 is 0. The first-order valence-electron chi connectivity index (χ1n) is 4.50. The van der Waals surface area contributed by atoms with Crippen LogP contribution < -0.4 is 5.32 Å². The molecule has 0 saturated heterocycles. The SMILES string of the molecule is C=C(C)C(=O)OCCOC(C)=O.CNC. The number of rotatable bonds is 4. The maximum Gasteiger partial charge on any atom is 0.333 e. The summed E-state index contributed by atoms with van der Waals surface area (Å²) in [5.41, 5.74) is 0.331. The van der Waals surface area contributed by atoms with E-state index in [9.17, 15) is 9.59 Å². The molecule has 0 unspecified atom stereocenters. The zero-order valence-corrected chi connectivity index (χ0v) is 9.75. The van der Waals surface area contributed by atoms with Crippen molar-refractivity contribution in [2.75, 3.05) is 27.3 Å². The average molecular weight is 217 g/mol. The van der Waals surface area contributed by atoms with Gasteiger partial charge in [-0.25, -0.2) is 4.79 Å². The molecule has 0 aliphatic carbocycles. The van der Waals surface area contributed by atoms with Crippen molar-refractivity contribution in [1.29, 1.82) is 0 Å². The van der Waals surface area contributed by atoms with Gasteiger partial charge < -0.3 is 14.8 Å². The Labute approximate surface area is 90.4 Å². The summed E-state index contributed by atoms with van der Waals surface area (Å²) in [7, 11) is 3.75. The Morgan fingerprint density at radius 3 is 1.87 bits per heavy atom. The van der Waals surface area contributed by atoms with Crippen LogP contribution in [0, 0.1) is 0 Å². The highest BCUT2D eigenvalue weighted by Crippen LogP contribution is 1.91. The molecule has 0 amide bonds. The van der Waals surface area contributed by atoms with E-state index in [1.165, 1.54) is 6.92 Å². The Hall–Kier alpha value is -1.36. The third kappa shape index (κ3) is 15.4. The molecule has 0 heterocycles. The molecule has 0 atom stereocenters. The molecule has 0 bridgehead atoms. The van der Waals surface area contributed by atoms with E-state index in [0.717, 1.165) is 0 Å². The summed E-state index contributed by atoms with van der Waals surface area (Å²) in [6, 6.07) is 0. The van der Waals surface area contributed by atoms with Gasteiger partial charge in [-0.3, -0.25) is 4.79 Å². The Bertz CT molecular complexity index is 213. The molecule has 0 aromatic carbocycles. The minimum absolute atomic E-state index is 0.0747. The lowest BCUT2D eigenvalue weighted by atomic mass is 10.4. The highest BCUT2D eigenvalue weighted by molar-refractivity contribution is 5.86. The Balaban J connectivity index is 0. The normalized spacial score (nSPS) is 8.27. The molecule has 5 heteroatoms. The van der Waals surface area contributed by atoms with Crippen molar-refractivity contribution in [3.05, 3.63) is 12.2 Å². The minimum Gasteiger partial charge on any atom is -0.462 e. The van der Waals surface area contributed by atoms with E-state index in [2.05, 4.69) is 21.4 Å². The van der Waals surface area contributed by atoms with Crippen LogP contribution in [0.2, 0.25) is 0 Å². The van der Waals surface area contributed by atoms with Gasteiger partial charge in [-0.05, 0) is 21.0 Å².